The van der Waals surface area contributed by atoms with Crippen molar-refractivity contribution in [3.63, 3.8) is 0 Å². The zero-order chi connectivity index (χ0) is 12.4. The Kier molecular flexibility index (Phi) is 3.38. The molecule has 1 heterocycles. The first-order chi connectivity index (χ1) is 8.10. The lowest BCUT2D eigenvalue weighted by Gasteiger charge is -2.05. The minimum Gasteiger partial charge on any atom is -0.237 e. The predicted molar refractivity (Wildman–Crippen MR) is 64.8 cm³/mol. The average Bonchev–Trinajstić information content (AvgIpc) is 2.28. The second kappa shape index (κ2) is 4.79. The van der Waals surface area contributed by atoms with Crippen molar-refractivity contribution in [1.82, 2.24) is 9.97 Å². The van der Waals surface area contributed by atoms with Gasteiger partial charge in [-0.25, -0.2) is 18.7 Å². The smallest absolute Gasteiger partial charge is 0.138 e. The lowest BCUT2D eigenvalue weighted by molar-refractivity contribution is 0.585. The number of rotatable bonds is 2. The van der Waals surface area contributed by atoms with E-state index in [0.29, 0.717) is 17.3 Å². The fourth-order valence-corrected chi connectivity index (χ4v) is 1.68. The summed E-state index contributed by atoms with van der Waals surface area (Å²) in [6, 6.07) is 5.07. The summed E-state index contributed by atoms with van der Waals surface area (Å²) >= 11 is 4.08. The average molecular weight is 252 g/mol. The van der Waals surface area contributed by atoms with E-state index in [4.69, 9.17) is 0 Å². The molecule has 0 unspecified atom stereocenters. The number of halogens is 2. The predicted octanol–water partition coefficient (Wildman–Crippen LogP) is 3.16. The fourth-order valence-electron chi connectivity index (χ4n) is 1.54. The highest BCUT2D eigenvalue weighted by atomic mass is 32.1. The molecule has 0 aliphatic rings. The van der Waals surface area contributed by atoms with E-state index in [9.17, 15) is 8.78 Å². The van der Waals surface area contributed by atoms with Gasteiger partial charge in [0, 0.05) is 17.3 Å². The number of aryl methyl sites for hydroxylation is 1. The molecule has 0 spiro atoms. The van der Waals surface area contributed by atoms with E-state index in [1.165, 1.54) is 12.1 Å². The van der Waals surface area contributed by atoms with Crippen molar-refractivity contribution in [2.45, 2.75) is 12.7 Å². The normalized spacial score (nSPS) is 10.6. The van der Waals surface area contributed by atoms with E-state index in [1.807, 2.05) is 0 Å². The van der Waals surface area contributed by atoms with E-state index in [2.05, 4.69) is 22.6 Å². The van der Waals surface area contributed by atoms with E-state index in [1.54, 1.807) is 13.0 Å². The first-order valence-electron chi connectivity index (χ1n) is 5.01. The lowest BCUT2D eigenvalue weighted by atomic mass is 10.1. The number of thiol groups is 1. The van der Waals surface area contributed by atoms with E-state index in [0.717, 1.165) is 11.8 Å². The van der Waals surface area contributed by atoms with Gasteiger partial charge in [0.1, 0.15) is 17.5 Å². The Labute approximate surface area is 103 Å². The maximum atomic E-state index is 13.6. The van der Waals surface area contributed by atoms with Gasteiger partial charge in [-0.3, -0.25) is 0 Å². The standard InChI is InChI=1S/C12H10F2N2S/c1-7-4-11(16-12(6-17)15-7)9-3-2-8(13)5-10(9)14/h2-5,17H,6H2,1H3. The van der Waals surface area contributed by atoms with Crippen LogP contribution in [0.5, 0.6) is 0 Å². The summed E-state index contributed by atoms with van der Waals surface area (Å²) in [6.07, 6.45) is 0. The Balaban J connectivity index is 2.55. The molecular formula is C12H10F2N2S. The molecule has 0 atom stereocenters. The van der Waals surface area contributed by atoms with Crippen LogP contribution in [-0.2, 0) is 5.75 Å². The maximum Gasteiger partial charge on any atom is 0.138 e. The molecule has 0 fully saturated rings. The van der Waals surface area contributed by atoms with Gasteiger partial charge in [0.2, 0.25) is 0 Å². The number of aromatic nitrogens is 2. The monoisotopic (exact) mass is 252 g/mol. The third-order valence-corrected chi connectivity index (χ3v) is 2.53. The Morgan fingerprint density at radius 3 is 2.59 bits per heavy atom. The van der Waals surface area contributed by atoms with E-state index in [-0.39, 0.29) is 5.56 Å². The van der Waals surface area contributed by atoms with Crippen molar-refractivity contribution in [3.05, 3.63) is 47.4 Å². The molecule has 0 N–H and O–H groups in total. The second-order valence-electron chi connectivity index (χ2n) is 3.59. The molecule has 0 aliphatic heterocycles. The first-order valence-corrected chi connectivity index (χ1v) is 5.64. The summed E-state index contributed by atoms with van der Waals surface area (Å²) in [5.41, 5.74) is 1.43. The molecule has 0 saturated carbocycles. The van der Waals surface area contributed by atoms with Crippen LogP contribution in [-0.4, -0.2) is 9.97 Å². The molecule has 17 heavy (non-hydrogen) atoms. The van der Waals surface area contributed by atoms with Crippen molar-refractivity contribution in [2.75, 3.05) is 0 Å². The zero-order valence-corrected chi connectivity index (χ0v) is 10.0. The first kappa shape index (κ1) is 12.0. The summed E-state index contributed by atoms with van der Waals surface area (Å²) in [5, 5.41) is 0. The highest BCUT2D eigenvalue weighted by molar-refractivity contribution is 7.79. The van der Waals surface area contributed by atoms with E-state index >= 15 is 0 Å². The minimum atomic E-state index is -0.631. The number of hydrogen-bond acceptors (Lipinski definition) is 3. The van der Waals surface area contributed by atoms with Crippen LogP contribution in [0.15, 0.2) is 24.3 Å². The van der Waals surface area contributed by atoms with Crippen molar-refractivity contribution in [2.24, 2.45) is 0 Å². The summed E-state index contributed by atoms with van der Waals surface area (Å²) in [7, 11) is 0. The van der Waals surface area contributed by atoms with Crippen LogP contribution in [0.3, 0.4) is 0 Å². The van der Waals surface area contributed by atoms with Gasteiger partial charge in [-0.2, -0.15) is 12.6 Å². The van der Waals surface area contributed by atoms with Gasteiger partial charge in [0.15, 0.2) is 0 Å². The molecule has 88 valence electrons. The highest BCUT2D eigenvalue weighted by Gasteiger charge is 2.09. The molecule has 1 aromatic carbocycles. The Bertz CT molecular complexity index is 558. The van der Waals surface area contributed by atoms with Gasteiger partial charge >= 0.3 is 0 Å². The van der Waals surface area contributed by atoms with Gasteiger partial charge in [-0.1, -0.05) is 0 Å². The van der Waals surface area contributed by atoms with Gasteiger partial charge in [-0.15, -0.1) is 0 Å². The Hall–Kier alpha value is -1.49. The second-order valence-corrected chi connectivity index (χ2v) is 3.91. The maximum absolute atomic E-state index is 13.6. The Morgan fingerprint density at radius 2 is 1.94 bits per heavy atom. The molecule has 5 heteroatoms. The molecule has 0 amide bonds. The van der Waals surface area contributed by atoms with E-state index < -0.39 is 11.6 Å². The van der Waals surface area contributed by atoms with Crippen molar-refractivity contribution in [1.29, 1.82) is 0 Å². The van der Waals surface area contributed by atoms with Crippen LogP contribution in [0, 0.1) is 18.6 Å². The number of nitrogens with zero attached hydrogens (tertiary/aromatic N) is 2. The molecule has 0 aliphatic carbocycles. The third-order valence-electron chi connectivity index (χ3n) is 2.25. The molecule has 1 aromatic heterocycles. The summed E-state index contributed by atoms with van der Waals surface area (Å²) < 4.78 is 26.4. The zero-order valence-electron chi connectivity index (χ0n) is 9.11. The molecule has 0 radical (unpaired) electrons. The summed E-state index contributed by atoms with van der Waals surface area (Å²) in [4.78, 5) is 8.30. The van der Waals surface area contributed by atoms with Crippen LogP contribution < -0.4 is 0 Å². The topological polar surface area (TPSA) is 25.8 Å². The van der Waals surface area contributed by atoms with Gasteiger partial charge in [0.05, 0.1) is 11.4 Å². The SMILES string of the molecule is Cc1cc(-c2ccc(F)cc2F)nc(CS)n1. The van der Waals surface area contributed by atoms with Crippen LogP contribution in [0.4, 0.5) is 8.78 Å². The van der Waals surface area contributed by atoms with Gasteiger partial charge < -0.3 is 0 Å². The van der Waals surface area contributed by atoms with Crippen molar-refractivity contribution >= 4 is 12.6 Å². The highest BCUT2D eigenvalue weighted by Crippen LogP contribution is 2.22. The van der Waals surface area contributed by atoms with Crippen LogP contribution in [0.25, 0.3) is 11.3 Å². The molecule has 2 nitrogen and oxygen atoms in total. The molecule has 0 saturated heterocycles. The number of hydrogen-bond donors (Lipinski definition) is 1. The quantitative estimate of drug-likeness (QED) is 0.831. The van der Waals surface area contributed by atoms with Crippen LogP contribution in [0.1, 0.15) is 11.5 Å². The van der Waals surface area contributed by atoms with Crippen LogP contribution >= 0.6 is 12.6 Å². The molecular weight excluding hydrogens is 242 g/mol. The van der Waals surface area contributed by atoms with Crippen molar-refractivity contribution < 1.29 is 8.78 Å². The van der Waals surface area contributed by atoms with Crippen LogP contribution in [0.2, 0.25) is 0 Å². The Morgan fingerprint density at radius 1 is 1.18 bits per heavy atom. The summed E-state index contributed by atoms with van der Waals surface area (Å²) in [5.74, 6) is -0.343. The molecule has 2 aromatic rings. The summed E-state index contributed by atoms with van der Waals surface area (Å²) in [6.45, 7) is 1.79. The number of benzene rings is 1. The van der Waals surface area contributed by atoms with Gasteiger partial charge in [-0.05, 0) is 25.1 Å². The van der Waals surface area contributed by atoms with Gasteiger partial charge in [0.25, 0.3) is 0 Å². The lowest BCUT2D eigenvalue weighted by Crippen LogP contribution is -1.98. The largest absolute Gasteiger partial charge is 0.237 e. The minimum absolute atomic E-state index is 0.264. The van der Waals surface area contributed by atoms with Crippen molar-refractivity contribution in [3.8, 4) is 11.3 Å². The molecule has 0 bridgehead atoms. The fraction of sp³-hybridized carbons (Fsp3) is 0.167. The molecule has 2 rings (SSSR count). The third kappa shape index (κ3) is 2.61.